The van der Waals surface area contributed by atoms with E-state index < -0.39 is 5.60 Å². The zero-order valence-corrected chi connectivity index (χ0v) is 12.8. The molecule has 1 atom stereocenters. The Balaban J connectivity index is 2.56. The lowest BCUT2D eigenvalue weighted by atomic mass is 10.0. The fraction of sp³-hybridized carbons (Fsp3) is 0.800. The van der Waals surface area contributed by atoms with Crippen molar-refractivity contribution in [1.29, 1.82) is 0 Å². The third-order valence-corrected chi connectivity index (χ3v) is 3.47. The van der Waals surface area contributed by atoms with Gasteiger partial charge in [-0.05, 0) is 38.8 Å². The molecule has 1 aromatic rings. The van der Waals surface area contributed by atoms with E-state index in [-0.39, 0.29) is 0 Å². The Morgan fingerprint density at radius 3 is 2.63 bits per heavy atom. The van der Waals surface area contributed by atoms with Crippen LogP contribution in [0.15, 0.2) is 12.3 Å². The summed E-state index contributed by atoms with van der Waals surface area (Å²) < 4.78 is 2.03. The van der Waals surface area contributed by atoms with Crippen molar-refractivity contribution in [3.05, 3.63) is 18.0 Å². The van der Waals surface area contributed by atoms with E-state index in [1.165, 1.54) is 0 Å². The molecule has 19 heavy (non-hydrogen) atoms. The van der Waals surface area contributed by atoms with Gasteiger partial charge < -0.3 is 10.4 Å². The zero-order chi connectivity index (χ0) is 14.3. The summed E-state index contributed by atoms with van der Waals surface area (Å²) in [6.45, 7) is 9.91. The van der Waals surface area contributed by atoms with Gasteiger partial charge in [0.2, 0.25) is 0 Å². The number of hydrogen-bond donors (Lipinski definition) is 2. The Morgan fingerprint density at radius 1 is 1.37 bits per heavy atom. The van der Waals surface area contributed by atoms with Crippen LogP contribution in [-0.4, -0.2) is 33.6 Å². The molecule has 0 aliphatic rings. The number of hydrogen-bond acceptors (Lipinski definition) is 3. The number of aliphatic hydroxyl groups is 1. The van der Waals surface area contributed by atoms with E-state index in [0.717, 1.165) is 31.5 Å². The van der Waals surface area contributed by atoms with E-state index in [1.807, 2.05) is 23.9 Å². The van der Waals surface area contributed by atoms with Gasteiger partial charge in [-0.2, -0.15) is 5.10 Å². The monoisotopic (exact) mass is 267 g/mol. The normalized spacial score (nSPS) is 14.8. The lowest BCUT2D eigenvalue weighted by Crippen LogP contribution is -2.40. The van der Waals surface area contributed by atoms with Crippen LogP contribution in [0.5, 0.6) is 0 Å². The van der Waals surface area contributed by atoms with Crippen molar-refractivity contribution < 1.29 is 5.11 Å². The van der Waals surface area contributed by atoms with Crippen LogP contribution in [0.3, 0.4) is 0 Å². The van der Waals surface area contributed by atoms with Crippen LogP contribution in [-0.2, 0) is 6.42 Å². The van der Waals surface area contributed by atoms with Crippen molar-refractivity contribution in [2.24, 2.45) is 0 Å². The van der Waals surface area contributed by atoms with E-state index in [1.54, 1.807) is 0 Å². The number of aromatic nitrogens is 2. The van der Waals surface area contributed by atoms with Gasteiger partial charge in [-0.1, -0.05) is 20.8 Å². The molecule has 0 saturated carbocycles. The molecule has 4 nitrogen and oxygen atoms in total. The predicted octanol–water partition coefficient (Wildman–Crippen LogP) is 2.54. The molecule has 0 spiro atoms. The summed E-state index contributed by atoms with van der Waals surface area (Å²) >= 11 is 0. The third kappa shape index (κ3) is 5.33. The van der Waals surface area contributed by atoms with Crippen LogP contribution < -0.4 is 5.32 Å². The summed E-state index contributed by atoms with van der Waals surface area (Å²) in [5, 5.41) is 18.2. The fourth-order valence-corrected chi connectivity index (χ4v) is 2.32. The van der Waals surface area contributed by atoms with E-state index >= 15 is 0 Å². The van der Waals surface area contributed by atoms with Crippen LogP contribution >= 0.6 is 0 Å². The first-order valence-corrected chi connectivity index (χ1v) is 7.49. The van der Waals surface area contributed by atoms with Crippen LogP contribution in [0.1, 0.15) is 58.7 Å². The quantitative estimate of drug-likeness (QED) is 0.676. The highest BCUT2D eigenvalue weighted by molar-refractivity contribution is 5.04. The van der Waals surface area contributed by atoms with Gasteiger partial charge in [0.25, 0.3) is 0 Å². The average Bonchev–Trinajstić information content (AvgIpc) is 2.78. The average molecular weight is 267 g/mol. The second kappa shape index (κ2) is 7.65. The number of rotatable bonds is 9. The first-order chi connectivity index (χ1) is 9.02. The minimum Gasteiger partial charge on any atom is -0.388 e. The Kier molecular flexibility index (Phi) is 6.52. The van der Waals surface area contributed by atoms with Gasteiger partial charge in [0, 0.05) is 19.2 Å². The molecule has 1 unspecified atom stereocenters. The Labute approximate surface area is 117 Å². The molecule has 0 saturated heterocycles. The smallest absolute Gasteiger partial charge is 0.0799 e. The van der Waals surface area contributed by atoms with Crippen LogP contribution in [0.4, 0.5) is 0 Å². The van der Waals surface area contributed by atoms with E-state index in [0.29, 0.717) is 19.0 Å². The van der Waals surface area contributed by atoms with Crippen molar-refractivity contribution in [3.8, 4) is 0 Å². The Morgan fingerprint density at radius 2 is 2.05 bits per heavy atom. The summed E-state index contributed by atoms with van der Waals surface area (Å²) in [4.78, 5) is 0. The minimum atomic E-state index is -0.734. The van der Waals surface area contributed by atoms with E-state index in [4.69, 9.17) is 0 Å². The Bertz CT molecular complexity index is 356. The molecule has 1 rings (SSSR count). The van der Waals surface area contributed by atoms with Crippen molar-refractivity contribution in [1.82, 2.24) is 15.1 Å². The summed E-state index contributed by atoms with van der Waals surface area (Å²) in [6, 6.07) is 2.49. The SMILES string of the molecule is CCCNCC(C)(O)Cc1ccn(C(CC)CC)n1. The predicted molar refractivity (Wildman–Crippen MR) is 79.3 cm³/mol. The maximum absolute atomic E-state index is 10.3. The first-order valence-electron chi connectivity index (χ1n) is 7.49. The molecule has 4 heteroatoms. The van der Waals surface area contributed by atoms with Gasteiger partial charge >= 0.3 is 0 Å². The third-order valence-electron chi connectivity index (χ3n) is 3.47. The molecule has 0 aliphatic heterocycles. The summed E-state index contributed by atoms with van der Waals surface area (Å²) in [5.41, 5.74) is 0.234. The number of nitrogens with zero attached hydrogens (tertiary/aromatic N) is 2. The summed E-state index contributed by atoms with van der Waals surface area (Å²) in [6.07, 6.45) is 5.89. The standard InChI is InChI=1S/C15H29N3O/c1-5-9-16-12-15(4,19)11-13-8-10-18(17-13)14(6-2)7-3/h8,10,14,16,19H,5-7,9,11-12H2,1-4H3. The lowest BCUT2D eigenvalue weighted by Gasteiger charge is -2.22. The van der Waals surface area contributed by atoms with Gasteiger partial charge in [-0.15, -0.1) is 0 Å². The molecule has 1 aromatic heterocycles. The van der Waals surface area contributed by atoms with Gasteiger partial charge in [-0.25, -0.2) is 0 Å². The van der Waals surface area contributed by atoms with Crippen molar-refractivity contribution >= 4 is 0 Å². The summed E-state index contributed by atoms with van der Waals surface area (Å²) in [7, 11) is 0. The van der Waals surface area contributed by atoms with Crippen LogP contribution in [0, 0.1) is 0 Å². The summed E-state index contributed by atoms with van der Waals surface area (Å²) in [5.74, 6) is 0. The van der Waals surface area contributed by atoms with Crippen molar-refractivity contribution in [2.75, 3.05) is 13.1 Å². The minimum absolute atomic E-state index is 0.469. The second-order valence-electron chi connectivity index (χ2n) is 5.61. The molecular weight excluding hydrogens is 238 g/mol. The highest BCUT2D eigenvalue weighted by Gasteiger charge is 2.22. The molecule has 0 radical (unpaired) electrons. The molecule has 2 N–H and O–H groups in total. The van der Waals surface area contributed by atoms with Crippen LogP contribution in [0.2, 0.25) is 0 Å². The maximum atomic E-state index is 10.3. The van der Waals surface area contributed by atoms with Crippen molar-refractivity contribution in [2.45, 2.75) is 65.0 Å². The highest BCUT2D eigenvalue weighted by Crippen LogP contribution is 2.17. The van der Waals surface area contributed by atoms with Gasteiger partial charge in [-0.3, -0.25) is 4.68 Å². The van der Waals surface area contributed by atoms with Gasteiger partial charge in [0.15, 0.2) is 0 Å². The fourth-order valence-electron chi connectivity index (χ4n) is 2.32. The van der Waals surface area contributed by atoms with Gasteiger partial charge in [0.1, 0.15) is 0 Å². The van der Waals surface area contributed by atoms with E-state index in [2.05, 4.69) is 31.2 Å². The largest absolute Gasteiger partial charge is 0.388 e. The maximum Gasteiger partial charge on any atom is 0.0799 e. The number of nitrogens with one attached hydrogen (secondary N) is 1. The van der Waals surface area contributed by atoms with Crippen LogP contribution in [0.25, 0.3) is 0 Å². The molecular formula is C15H29N3O. The molecule has 0 amide bonds. The molecule has 0 fully saturated rings. The molecule has 0 aliphatic carbocycles. The molecule has 1 heterocycles. The Hall–Kier alpha value is -0.870. The molecule has 110 valence electrons. The van der Waals surface area contributed by atoms with Gasteiger partial charge in [0.05, 0.1) is 17.3 Å². The molecule has 0 bridgehead atoms. The second-order valence-corrected chi connectivity index (χ2v) is 5.61. The topological polar surface area (TPSA) is 50.1 Å². The highest BCUT2D eigenvalue weighted by atomic mass is 16.3. The lowest BCUT2D eigenvalue weighted by molar-refractivity contribution is 0.0592. The first kappa shape index (κ1) is 16.2. The van der Waals surface area contributed by atoms with E-state index in [9.17, 15) is 5.11 Å². The van der Waals surface area contributed by atoms with Crippen molar-refractivity contribution in [3.63, 3.8) is 0 Å². The molecule has 0 aromatic carbocycles. The zero-order valence-electron chi connectivity index (χ0n) is 12.8.